The second kappa shape index (κ2) is 5.27. The molecule has 0 aliphatic heterocycles. The van der Waals surface area contributed by atoms with Crippen LogP contribution in [-0.4, -0.2) is 6.61 Å². The van der Waals surface area contributed by atoms with Crippen LogP contribution < -0.4 is 5.48 Å². The third-order valence-electron chi connectivity index (χ3n) is 1.81. The second-order valence-electron chi connectivity index (χ2n) is 3.10. The summed E-state index contributed by atoms with van der Waals surface area (Å²) in [6.07, 6.45) is -4.54. The summed E-state index contributed by atoms with van der Waals surface area (Å²) in [5, 5.41) is 0. The van der Waals surface area contributed by atoms with E-state index >= 15 is 0 Å². The molecule has 0 amide bonds. The Morgan fingerprint density at radius 2 is 1.94 bits per heavy atom. The third-order valence-corrected chi connectivity index (χ3v) is 1.81. The first-order valence-electron chi connectivity index (χ1n) is 4.64. The van der Waals surface area contributed by atoms with E-state index in [1.165, 1.54) is 0 Å². The molecule has 0 bridgehead atoms. The van der Waals surface area contributed by atoms with E-state index in [0.717, 1.165) is 12.1 Å². The first-order valence-corrected chi connectivity index (χ1v) is 4.64. The molecule has 0 spiro atoms. The number of rotatable bonds is 4. The van der Waals surface area contributed by atoms with E-state index in [9.17, 15) is 17.6 Å². The Kier molecular flexibility index (Phi) is 4.26. The molecule has 0 aromatic heterocycles. The molecule has 16 heavy (non-hydrogen) atoms. The predicted molar refractivity (Wildman–Crippen MR) is 49.9 cm³/mol. The van der Waals surface area contributed by atoms with Gasteiger partial charge in [0.2, 0.25) is 0 Å². The van der Waals surface area contributed by atoms with Gasteiger partial charge in [-0.2, -0.15) is 18.7 Å². The number of halogens is 4. The van der Waals surface area contributed by atoms with Gasteiger partial charge in [0.1, 0.15) is 5.82 Å². The molecule has 0 aliphatic carbocycles. The van der Waals surface area contributed by atoms with Crippen LogP contribution in [0.15, 0.2) is 18.2 Å². The van der Waals surface area contributed by atoms with Gasteiger partial charge in [0.15, 0.2) is 0 Å². The van der Waals surface area contributed by atoms with Gasteiger partial charge in [-0.1, -0.05) is 0 Å². The molecule has 1 aromatic carbocycles. The average Bonchev–Trinajstić information content (AvgIpc) is 2.16. The van der Waals surface area contributed by atoms with Gasteiger partial charge in [-0.05, 0) is 30.7 Å². The lowest BCUT2D eigenvalue weighted by molar-refractivity contribution is -0.137. The van der Waals surface area contributed by atoms with Gasteiger partial charge in [-0.25, -0.2) is 4.39 Å². The standard InChI is InChI=1S/C10H11F4NO/c1-2-16-15-6-7-3-8(10(12,13)14)5-9(11)4-7/h3-5,15H,2,6H2,1H3. The molecule has 0 saturated carbocycles. The van der Waals surface area contributed by atoms with Crippen LogP contribution in [0.3, 0.4) is 0 Å². The zero-order chi connectivity index (χ0) is 12.2. The largest absolute Gasteiger partial charge is 0.416 e. The summed E-state index contributed by atoms with van der Waals surface area (Å²) in [5.74, 6) is -0.914. The highest BCUT2D eigenvalue weighted by Gasteiger charge is 2.31. The molecule has 0 fully saturated rings. The zero-order valence-electron chi connectivity index (χ0n) is 8.57. The highest BCUT2D eigenvalue weighted by Crippen LogP contribution is 2.30. The van der Waals surface area contributed by atoms with Gasteiger partial charge < -0.3 is 4.84 Å². The summed E-state index contributed by atoms with van der Waals surface area (Å²) in [5.41, 5.74) is 1.61. The topological polar surface area (TPSA) is 21.3 Å². The van der Waals surface area contributed by atoms with Crippen molar-refractivity contribution in [2.45, 2.75) is 19.6 Å². The zero-order valence-corrected chi connectivity index (χ0v) is 8.57. The SMILES string of the molecule is CCONCc1cc(F)cc(C(F)(F)F)c1. The van der Waals surface area contributed by atoms with Gasteiger partial charge in [0, 0.05) is 6.54 Å². The van der Waals surface area contributed by atoms with E-state index in [0.29, 0.717) is 12.7 Å². The Bertz CT molecular complexity index is 351. The molecular weight excluding hydrogens is 226 g/mol. The first kappa shape index (κ1) is 12.9. The highest BCUT2D eigenvalue weighted by molar-refractivity contribution is 5.26. The third kappa shape index (κ3) is 3.79. The maximum absolute atomic E-state index is 12.9. The van der Waals surface area contributed by atoms with Crippen LogP contribution in [0.1, 0.15) is 18.1 Å². The number of hydrogen-bond donors (Lipinski definition) is 1. The minimum atomic E-state index is -4.54. The normalized spacial score (nSPS) is 11.8. The van der Waals surface area contributed by atoms with Crippen LogP contribution in [0.2, 0.25) is 0 Å². The maximum atomic E-state index is 12.9. The molecule has 0 saturated heterocycles. The number of nitrogens with one attached hydrogen (secondary N) is 1. The van der Waals surface area contributed by atoms with Crippen LogP contribution in [0, 0.1) is 5.82 Å². The van der Waals surface area contributed by atoms with Crippen molar-refractivity contribution in [2.24, 2.45) is 0 Å². The van der Waals surface area contributed by atoms with Gasteiger partial charge in [-0.3, -0.25) is 0 Å². The van der Waals surface area contributed by atoms with E-state index in [1.54, 1.807) is 6.92 Å². The molecular formula is C10H11F4NO. The fourth-order valence-electron chi connectivity index (χ4n) is 1.15. The summed E-state index contributed by atoms with van der Waals surface area (Å²) in [4.78, 5) is 4.75. The monoisotopic (exact) mass is 237 g/mol. The van der Waals surface area contributed by atoms with Crippen LogP contribution in [0.5, 0.6) is 0 Å². The van der Waals surface area contributed by atoms with Gasteiger partial charge in [0.05, 0.1) is 12.2 Å². The van der Waals surface area contributed by atoms with E-state index in [-0.39, 0.29) is 12.1 Å². The summed E-state index contributed by atoms with van der Waals surface area (Å²) < 4.78 is 49.9. The van der Waals surface area contributed by atoms with Crippen molar-refractivity contribution in [3.63, 3.8) is 0 Å². The minimum Gasteiger partial charge on any atom is -0.302 e. The van der Waals surface area contributed by atoms with Gasteiger partial charge in [-0.15, -0.1) is 0 Å². The Morgan fingerprint density at radius 3 is 2.50 bits per heavy atom. The average molecular weight is 237 g/mol. The Morgan fingerprint density at radius 1 is 1.25 bits per heavy atom. The fourth-order valence-corrected chi connectivity index (χ4v) is 1.15. The number of benzene rings is 1. The van der Waals surface area contributed by atoms with E-state index in [1.807, 2.05) is 0 Å². The molecule has 0 heterocycles. The summed E-state index contributed by atoms with van der Waals surface area (Å²) in [6, 6.07) is 2.38. The highest BCUT2D eigenvalue weighted by atomic mass is 19.4. The lowest BCUT2D eigenvalue weighted by Gasteiger charge is -2.09. The Balaban J connectivity index is 2.82. The van der Waals surface area contributed by atoms with E-state index < -0.39 is 17.6 Å². The van der Waals surface area contributed by atoms with Crippen molar-refractivity contribution in [3.05, 3.63) is 35.1 Å². The van der Waals surface area contributed by atoms with Gasteiger partial charge >= 0.3 is 6.18 Å². The van der Waals surface area contributed by atoms with Crippen molar-refractivity contribution >= 4 is 0 Å². The van der Waals surface area contributed by atoms with Crippen LogP contribution in [0.4, 0.5) is 17.6 Å². The molecule has 2 nitrogen and oxygen atoms in total. The second-order valence-corrected chi connectivity index (χ2v) is 3.10. The fraction of sp³-hybridized carbons (Fsp3) is 0.400. The first-order chi connectivity index (χ1) is 7.43. The van der Waals surface area contributed by atoms with E-state index in [4.69, 9.17) is 4.84 Å². The van der Waals surface area contributed by atoms with Crippen molar-refractivity contribution < 1.29 is 22.4 Å². The summed E-state index contributed by atoms with van der Waals surface area (Å²) in [6.45, 7) is 2.12. The van der Waals surface area contributed by atoms with Crippen LogP contribution >= 0.6 is 0 Å². The molecule has 0 atom stereocenters. The molecule has 6 heteroatoms. The predicted octanol–water partition coefficient (Wildman–Crippen LogP) is 2.89. The maximum Gasteiger partial charge on any atom is 0.416 e. The van der Waals surface area contributed by atoms with Crippen LogP contribution in [-0.2, 0) is 17.6 Å². The molecule has 1 aromatic rings. The smallest absolute Gasteiger partial charge is 0.302 e. The van der Waals surface area contributed by atoms with Crippen molar-refractivity contribution in [2.75, 3.05) is 6.61 Å². The molecule has 0 unspecified atom stereocenters. The minimum absolute atomic E-state index is 0.0225. The lowest BCUT2D eigenvalue weighted by atomic mass is 10.1. The quantitative estimate of drug-likeness (QED) is 0.494. The Labute approximate surface area is 90.2 Å². The van der Waals surface area contributed by atoms with Crippen LogP contribution in [0.25, 0.3) is 0 Å². The molecule has 1 rings (SSSR count). The molecule has 0 radical (unpaired) electrons. The van der Waals surface area contributed by atoms with Gasteiger partial charge in [0.25, 0.3) is 0 Å². The van der Waals surface area contributed by atoms with Crippen molar-refractivity contribution in [3.8, 4) is 0 Å². The number of hydrogen-bond acceptors (Lipinski definition) is 2. The molecule has 1 N–H and O–H groups in total. The van der Waals surface area contributed by atoms with Crippen molar-refractivity contribution in [1.29, 1.82) is 0 Å². The summed E-state index contributed by atoms with van der Waals surface area (Å²) in [7, 11) is 0. The lowest BCUT2D eigenvalue weighted by Crippen LogP contribution is -2.15. The van der Waals surface area contributed by atoms with E-state index in [2.05, 4.69) is 5.48 Å². The van der Waals surface area contributed by atoms with Crippen molar-refractivity contribution in [1.82, 2.24) is 5.48 Å². The molecule has 90 valence electrons. The molecule has 0 aliphatic rings. The number of alkyl halides is 3. The summed E-state index contributed by atoms with van der Waals surface area (Å²) >= 11 is 0. The Hall–Kier alpha value is -1.14. The number of hydroxylamine groups is 1.